The Labute approximate surface area is 87.9 Å². The summed E-state index contributed by atoms with van der Waals surface area (Å²) in [6.07, 6.45) is 5.94. The van der Waals surface area contributed by atoms with E-state index < -0.39 is 5.97 Å². The Hall–Kier alpha value is -1.32. The zero-order valence-electron chi connectivity index (χ0n) is 8.52. The molecule has 2 saturated carbocycles. The Morgan fingerprint density at radius 3 is 2.60 bits per heavy atom. The van der Waals surface area contributed by atoms with Gasteiger partial charge in [-0.25, -0.2) is 4.79 Å². The Bertz CT molecular complexity index is 403. The molecule has 1 aromatic rings. The van der Waals surface area contributed by atoms with Crippen LogP contribution in [0.3, 0.4) is 0 Å². The smallest absolute Gasteiger partial charge is 0.356 e. The van der Waals surface area contributed by atoms with Crippen molar-refractivity contribution in [3.63, 3.8) is 0 Å². The quantitative estimate of drug-likeness (QED) is 0.824. The van der Waals surface area contributed by atoms with E-state index in [1.807, 2.05) is 4.68 Å². The monoisotopic (exact) mass is 206 g/mol. The summed E-state index contributed by atoms with van der Waals surface area (Å²) >= 11 is 0. The van der Waals surface area contributed by atoms with Crippen molar-refractivity contribution in [3.05, 3.63) is 17.5 Å². The van der Waals surface area contributed by atoms with Crippen LogP contribution < -0.4 is 0 Å². The van der Waals surface area contributed by atoms with Gasteiger partial charge >= 0.3 is 5.97 Å². The predicted octanol–water partition coefficient (Wildman–Crippen LogP) is 2.18. The first kappa shape index (κ1) is 8.95. The molecule has 80 valence electrons. The molecule has 1 aromatic heterocycles. The molecule has 1 N–H and O–H groups in total. The van der Waals surface area contributed by atoms with Crippen LogP contribution in [0.4, 0.5) is 0 Å². The van der Waals surface area contributed by atoms with Gasteiger partial charge in [0.1, 0.15) is 0 Å². The second-order valence-electron chi connectivity index (χ2n) is 4.56. The zero-order chi connectivity index (χ0) is 10.4. The highest BCUT2D eigenvalue weighted by Crippen LogP contribution is 2.43. The van der Waals surface area contributed by atoms with Crippen LogP contribution in [0.15, 0.2) is 6.07 Å². The number of carboxylic acid groups (broad SMARTS) is 1. The van der Waals surface area contributed by atoms with Crippen LogP contribution in [0, 0.1) is 0 Å². The molecular weight excluding hydrogens is 192 g/mol. The third-order valence-electron chi connectivity index (χ3n) is 3.40. The lowest BCUT2D eigenvalue weighted by Gasteiger charge is -2.27. The number of aromatic carboxylic acids is 1. The molecule has 15 heavy (non-hydrogen) atoms. The predicted molar refractivity (Wildman–Crippen MR) is 54.0 cm³/mol. The molecule has 0 atom stereocenters. The van der Waals surface area contributed by atoms with Gasteiger partial charge in [-0.2, -0.15) is 5.10 Å². The van der Waals surface area contributed by atoms with Crippen molar-refractivity contribution in [1.82, 2.24) is 9.78 Å². The summed E-state index contributed by atoms with van der Waals surface area (Å²) in [6.45, 7) is 0. The number of carbonyl (C=O) groups is 1. The standard InChI is InChI=1S/C11H14N2O2/c14-11(15)9-6-10(7-4-5-7)13(12-9)8-2-1-3-8/h6-8H,1-5H2,(H,14,15). The molecule has 4 heteroatoms. The van der Waals surface area contributed by atoms with Crippen LogP contribution in [0.2, 0.25) is 0 Å². The van der Waals surface area contributed by atoms with E-state index in [0.29, 0.717) is 12.0 Å². The number of hydrogen-bond donors (Lipinski definition) is 1. The highest BCUT2D eigenvalue weighted by molar-refractivity contribution is 5.85. The second kappa shape index (κ2) is 3.08. The molecular formula is C11H14N2O2. The summed E-state index contributed by atoms with van der Waals surface area (Å²) in [5.74, 6) is -0.332. The molecule has 0 unspecified atom stereocenters. The van der Waals surface area contributed by atoms with Gasteiger partial charge in [-0.1, -0.05) is 0 Å². The van der Waals surface area contributed by atoms with Crippen molar-refractivity contribution in [2.75, 3.05) is 0 Å². The zero-order valence-corrected chi connectivity index (χ0v) is 8.52. The van der Waals surface area contributed by atoms with Gasteiger partial charge in [-0.3, -0.25) is 4.68 Å². The minimum absolute atomic E-state index is 0.212. The fourth-order valence-electron chi connectivity index (χ4n) is 2.12. The van der Waals surface area contributed by atoms with Gasteiger partial charge in [0.15, 0.2) is 5.69 Å². The molecule has 4 nitrogen and oxygen atoms in total. The van der Waals surface area contributed by atoms with Gasteiger partial charge in [-0.05, 0) is 38.2 Å². The average Bonchev–Trinajstić information content (AvgIpc) is 2.85. The molecule has 0 radical (unpaired) electrons. The normalized spacial score (nSPS) is 21.3. The number of hydrogen-bond acceptors (Lipinski definition) is 2. The highest BCUT2D eigenvalue weighted by Gasteiger charge is 2.32. The minimum atomic E-state index is -0.907. The van der Waals surface area contributed by atoms with Crippen LogP contribution in [0.25, 0.3) is 0 Å². The van der Waals surface area contributed by atoms with Crippen LogP contribution >= 0.6 is 0 Å². The molecule has 2 aliphatic rings. The summed E-state index contributed by atoms with van der Waals surface area (Å²) in [5.41, 5.74) is 1.36. The largest absolute Gasteiger partial charge is 0.476 e. The first-order valence-electron chi connectivity index (χ1n) is 5.58. The summed E-state index contributed by atoms with van der Waals surface area (Å²) < 4.78 is 1.98. The molecule has 3 rings (SSSR count). The first-order chi connectivity index (χ1) is 7.25. The maximum atomic E-state index is 10.9. The topological polar surface area (TPSA) is 55.1 Å². The number of carboxylic acids is 1. The number of aromatic nitrogens is 2. The maximum absolute atomic E-state index is 10.9. The van der Waals surface area contributed by atoms with Crippen LogP contribution in [0.5, 0.6) is 0 Å². The third kappa shape index (κ3) is 1.44. The number of nitrogens with zero attached hydrogens (tertiary/aromatic N) is 2. The van der Waals surface area contributed by atoms with Crippen LogP contribution in [-0.4, -0.2) is 20.9 Å². The molecule has 2 aliphatic carbocycles. The van der Waals surface area contributed by atoms with E-state index in [4.69, 9.17) is 5.11 Å². The van der Waals surface area contributed by atoms with Crippen molar-refractivity contribution in [2.24, 2.45) is 0 Å². The van der Waals surface area contributed by atoms with E-state index in [2.05, 4.69) is 5.10 Å². The molecule has 0 spiro atoms. The summed E-state index contributed by atoms with van der Waals surface area (Å²) in [6, 6.07) is 2.23. The lowest BCUT2D eigenvalue weighted by atomic mass is 9.93. The lowest BCUT2D eigenvalue weighted by Crippen LogP contribution is -2.20. The van der Waals surface area contributed by atoms with E-state index in [1.54, 1.807) is 6.07 Å². The van der Waals surface area contributed by atoms with Gasteiger partial charge in [0.2, 0.25) is 0 Å². The van der Waals surface area contributed by atoms with E-state index in [1.165, 1.54) is 19.3 Å². The van der Waals surface area contributed by atoms with Gasteiger partial charge < -0.3 is 5.11 Å². The molecule has 2 fully saturated rings. The maximum Gasteiger partial charge on any atom is 0.356 e. The molecule has 0 bridgehead atoms. The fourth-order valence-corrected chi connectivity index (χ4v) is 2.12. The lowest BCUT2D eigenvalue weighted by molar-refractivity contribution is 0.0688. The molecule has 0 aliphatic heterocycles. The summed E-state index contributed by atoms with van der Waals surface area (Å²) in [4.78, 5) is 10.9. The van der Waals surface area contributed by atoms with Crippen molar-refractivity contribution in [2.45, 2.75) is 44.1 Å². The molecule has 0 aromatic carbocycles. The molecule has 0 amide bonds. The third-order valence-corrected chi connectivity index (χ3v) is 3.40. The van der Waals surface area contributed by atoms with Crippen LogP contribution in [-0.2, 0) is 0 Å². The van der Waals surface area contributed by atoms with Crippen molar-refractivity contribution in [1.29, 1.82) is 0 Å². The summed E-state index contributed by atoms with van der Waals surface area (Å²) in [5, 5.41) is 13.1. The van der Waals surface area contributed by atoms with Crippen molar-refractivity contribution < 1.29 is 9.90 Å². The molecule has 1 heterocycles. The minimum Gasteiger partial charge on any atom is -0.476 e. The van der Waals surface area contributed by atoms with Gasteiger partial charge in [0.05, 0.1) is 6.04 Å². The van der Waals surface area contributed by atoms with Gasteiger partial charge in [0, 0.05) is 11.6 Å². The Morgan fingerprint density at radius 1 is 1.40 bits per heavy atom. The second-order valence-corrected chi connectivity index (χ2v) is 4.56. The number of rotatable bonds is 3. The highest BCUT2D eigenvalue weighted by atomic mass is 16.4. The van der Waals surface area contributed by atoms with Crippen molar-refractivity contribution >= 4 is 5.97 Å². The van der Waals surface area contributed by atoms with E-state index in [9.17, 15) is 4.79 Å². The Kier molecular flexibility index (Phi) is 1.84. The van der Waals surface area contributed by atoms with Crippen LogP contribution in [0.1, 0.15) is 60.2 Å². The first-order valence-corrected chi connectivity index (χ1v) is 5.58. The Balaban J connectivity index is 1.97. The van der Waals surface area contributed by atoms with Gasteiger partial charge in [0.25, 0.3) is 0 Å². The van der Waals surface area contributed by atoms with Crippen molar-refractivity contribution in [3.8, 4) is 0 Å². The molecule has 0 saturated heterocycles. The van der Waals surface area contributed by atoms with Gasteiger partial charge in [-0.15, -0.1) is 0 Å². The van der Waals surface area contributed by atoms with E-state index in [-0.39, 0.29) is 5.69 Å². The summed E-state index contributed by atoms with van der Waals surface area (Å²) in [7, 11) is 0. The van der Waals surface area contributed by atoms with E-state index >= 15 is 0 Å². The van der Waals surface area contributed by atoms with E-state index in [0.717, 1.165) is 18.5 Å². The SMILES string of the molecule is O=C(O)c1cc(C2CC2)n(C2CCC2)n1. The fraction of sp³-hybridized carbons (Fsp3) is 0.636. The average molecular weight is 206 g/mol. The Morgan fingerprint density at radius 2 is 2.13 bits per heavy atom.